The van der Waals surface area contributed by atoms with Gasteiger partial charge in [-0.05, 0) is 37.1 Å². The van der Waals surface area contributed by atoms with E-state index in [0.29, 0.717) is 11.3 Å². The van der Waals surface area contributed by atoms with Gasteiger partial charge in [0.25, 0.3) is 5.91 Å². The number of carbonyl (C=O) groups excluding carboxylic acids is 1. The molecule has 0 radical (unpaired) electrons. The number of aromatic nitrogens is 2. The monoisotopic (exact) mass is 309 g/mol. The Hall–Kier alpha value is -2.31. The van der Waals surface area contributed by atoms with Gasteiger partial charge >= 0.3 is 6.18 Å². The summed E-state index contributed by atoms with van der Waals surface area (Å²) in [6.07, 6.45) is -1.27. The highest BCUT2D eigenvalue weighted by atomic mass is 19.4. The van der Waals surface area contributed by atoms with Crippen LogP contribution in [-0.4, -0.2) is 33.7 Å². The van der Waals surface area contributed by atoms with E-state index in [1.807, 2.05) is 0 Å². The summed E-state index contributed by atoms with van der Waals surface area (Å²) in [5.74, 6) is -0.0949. The second kappa shape index (κ2) is 5.47. The molecule has 22 heavy (non-hydrogen) atoms. The standard InChI is InChI=1S/C15H14F3N3O/c16-15(17,18)13-6-9-21(19-13)12-5-3-4-11(10-12)14(22)20-7-1-2-8-20/h3-6,9-10H,1-2,7-8H2. The predicted octanol–water partition coefficient (Wildman–Crippen LogP) is 3.13. The van der Waals surface area contributed by atoms with Crippen LogP contribution in [0.1, 0.15) is 28.9 Å². The summed E-state index contributed by atoms with van der Waals surface area (Å²) in [5, 5.41) is 3.52. The molecule has 1 aliphatic rings. The summed E-state index contributed by atoms with van der Waals surface area (Å²) in [5.41, 5.74) is -0.0622. The van der Waals surface area contributed by atoms with Gasteiger partial charge in [0.1, 0.15) is 0 Å². The molecule has 1 fully saturated rings. The fraction of sp³-hybridized carbons (Fsp3) is 0.333. The van der Waals surface area contributed by atoms with E-state index >= 15 is 0 Å². The van der Waals surface area contributed by atoms with Gasteiger partial charge in [-0.25, -0.2) is 4.68 Å². The van der Waals surface area contributed by atoms with E-state index in [1.165, 1.54) is 6.20 Å². The van der Waals surface area contributed by atoms with Crippen molar-refractivity contribution in [2.75, 3.05) is 13.1 Å². The molecular formula is C15H14F3N3O. The molecule has 2 heterocycles. The van der Waals surface area contributed by atoms with Crippen molar-refractivity contribution in [3.05, 3.63) is 47.8 Å². The highest BCUT2D eigenvalue weighted by Crippen LogP contribution is 2.28. The van der Waals surface area contributed by atoms with Crippen LogP contribution in [-0.2, 0) is 6.18 Å². The number of rotatable bonds is 2. The molecule has 1 aromatic carbocycles. The van der Waals surface area contributed by atoms with Gasteiger partial charge < -0.3 is 4.90 Å². The van der Waals surface area contributed by atoms with Crippen molar-refractivity contribution in [1.82, 2.24) is 14.7 Å². The molecule has 3 rings (SSSR count). The van der Waals surface area contributed by atoms with E-state index in [0.717, 1.165) is 36.7 Å². The molecule has 0 spiro atoms. The average molecular weight is 309 g/mol. The Labute approximate surface area is 125 Å². The van der Waals surface area contributed by atoms with Crippen LogP contribution in [0.5, 0.6) is 0 Å². The molecule has 116 valence electrons. The molecule has 1 aromatic heterocycles. The van der Waals surface area contributed by atoms with Crippen LogP contribution in [0.3, 0.4) is 0 Å². The van der Waals surface area contributed by atoms with Gasteiger partial charge in [-0.1, -0.05) is 6.07 Å². The minimum atomic E-state index is -4.48. The molecule has 1 saturated heterocycles. The summed E-state index contributed by atoms with van der Waals surface area (Å²) in [4.78, 5) is 14.1. The van der Waals surface area contributed by atoms with Crippen molar-refractivity contribution in [3.8, 4) is 5.69 Å². The van der Waals surface area contributed by atoms with Crippen molar-refractivity contribution < 1.29 is 18.0 Å². The molecule has 2 aromatic rings. The minimum Gasteiger partial charge on any atom is -0.339 e. The van der Waals surface area contributed by atoms with Crippen molar-refractivity contribution in [2.24, 2.45) is 0 Å². The topological polar surface area (TPSA) is 38.1 Å². The molecule has 7 heteroatoms. The number of benzene rings is 1. The number of hydrogen-bond acceptors (Lipinski definition) is 2. The minimum absolute atomic E-state index is 0.0949. The SMILES string of the molecule is O=C(c1cccc(-n2ccc(C(F)(F)F)n2)c1)N1CCCC1. The normalized spacial score (nSPS) is 15.3. The Kier molecular flexibility index (Phi) is 3.64. The zero-order chi connectivity index (χ0) is 15.7. The van der Waals surface area contributed by atoms with Crippen molar-refractivity contribution in [3.63, 3.8) is 0 Å². The summed E-state index contributed by atoms with van der Waals surface area (Å²) >= 11 is 0. The van der Waals surface area contributed by atoms with Gasteiger partial charge in [0, 0.05) is 24.8 Å². The Morgan fingerprint density at radius 3 is 2.50 bits per heavy atom. The molecule has 0 aliphatic carbocycles. The van der Waals surface area contributed by atoms with E-state index in [1.54, 1.807) is 29.2 Å². The Bertz CT molecular complexity index is 687. The molecule has 0 unspecified atom stereocenters. The van der Waals surface area contributed by atoms with Gasteiger partial charge in [0.2, 0.25) is 0 Å². The van der Waals surface area contributed by atoms with E-state index in [-0.39, 0.29) is 5.91 Å². The first-order valence-electron chi connectivity index (χ1n) is 6.98. The van der Waals surface area contributed by atoms with Gasteiger partial charge in [0.15, 0.2) is 5.69 Å². The summed E-state index contributed by atoms with van der Waals surface area (Å²) in [6.45, 7) is 1.45. The first-order chi connectivity index (χ1) is 10.4. The fourth-order valence-corrected chi connectivity index (χ4v) is 2.50. The third-order valence-electron chi connectivity index (χ3n) is 3.63. The number of likely N-dealkylation sites (tertiary alicyclic amines) is 1. The number of carbonyl (C=O) groups is 1. The maximum Gasteiger partial charge on any atom is 0.435 e. The highest BCUT2D eigenvalue weighted by Gasteiger charge is 2.33. The van der Waals surface area contributed by atoms with E-state index in [4.69, 9.17) is 0 Å². The average Bonchev–Trinajstić information content (AvgIpc) is 3.17. The largest absolute Gasteiger partial charge is 0.435 e. The number of nitrogens with zero attached hydrogens (tertiary/aromatic N) is 3. The number of amides is 1. The third-order valence-corrected chi connectivity index (χ3v) is 3.63. The maximum absolute atomic E-state index is 12.6. The van der Waals surface area contributed by atoms with Crippen LogP contribution in [0, 0.1) is 0 Å². The summed E-state index contributed by atoms with van der Waals surface area (Å²) in [6, 6.07) is 7.41. The van der Waals surface area contributed by atoms with Crippen molar-refractivity contribution in [1.29, 1.82) is 0 Å². The first kappa shape index (κ1) is 14.6. The van der Waals surface area contributed by atoms with Gasteiger partial charge in [-0.2, -0.15) is 18.3 Å². The van der Waals surface area contributed by atoms with Gasteiger partial charge in [-0.15, -0.1) is 0 Å². The molecule has 0 N–H and O–H groups in total. The van der Waals surface area contributed by atoms with E-state index in [2.05, 4.69) is 5.10 Å². The quantitative estimate of drug-likeness (QED) is 0.855. The number of hydrogen-bond donors (Lipinski definition) is 0. The van der Waals surface area contributed by atoms with E-state index in [9.17, 15) is 18.0 Å². The number of halogens is 3. The zero-order valence-electron chi connectivity index (χ0n) is 11.7. The Balaban J connectivity index is 1.87. The van der Waals surface area contributed by atoms with Crippen molar-refractivity contribution in [2.45, 2.75) is 19.0 Å². The summed E-state index contributed by atoms with van der Waals surface area (Å²) < 4.78 is 38.9. The van der Waals surface area contributed by atoms with Crippen LogP contribution in [0.25, 0.3) is 5.69 Å². The second-order valence-corrected chi connectivity index (χ2v) is 5.19. The molecule has 0 atom stereocenters. The lowest BCUT2D eigenvalue weighted by Gasteiger charge is -2.15. The van der Waals surface area contributed by atoms with Crippen LogP contribution in [0.2, 0.25) is 0 Å². The molecule has 0 bridgehead atoms. The molecular weight excluding hydrogens is 295 g/mol. The van der Waals surface area contributed by atoms with Crippen LogP contribution < -0.4 is 0 Å². The molecule has 1 aliphatic heterocycles. The lowest BCUT2D eigenvalue weighted by Crippen LogP contribution is -2.27. The van der Waals surface area contributed by atoms with Crippen LogP contribution >= 0.6 is 0 Å². The lowest BCUT2D eigenvalue weighted by molar-refractivity contribution is -0.141. The second-order valence-electron chi connectivity index (χ2n) is 5.19. The highest BCUT2D eigenvalue weighted by molar-refractivity contribution is 5.94. The third kappa shape index (κ3) is 2.84. The molecule has 4 nitrogen and oxygen atoms in total. The van der Waals surface area contributed by atoms with Gasteiger partial charge in [-0.3, -0.25) is 4.79 Å². The number of alkyl halides is 3. The maximum atomic E-state index is 12.6. The molecule has 0 saturated carbocycles. The zero-order valence-corrected chi connectivity index (χ0v) is 11.7. The Morgan fingerprint density at radius 1 is 1.14 bits per heavy atom. The fourth-order valence-electron chi connectivity index (χ4n) is 2.50. The smallest absolute Gasteiger partial charge is 0.339 e. The summed E-state index contributed by atoms with van der Waals surface area (Å²) in [7, 11) is 0. The van der Waals surface area contributed by atoms with Crippen LogP contribution in [0.4, 0.5) is 13.2 Å². The van der Waals surface area contributed by atoms with E-state index < -0.39 is 11.9 Å². The van der Waals surface area contributed by atoms with Gasteiger partial charge in [0.05, 0.1) is 5.69 Å². The first-order valence-corrected chi connectivity index (χ1v) is 6.98. The molecule has 1 amide bonds. The van der Waals surface area contributed by atoms with Crippen LogP contribution in [0.15, 0.2) is 36.5 Å². The van der Waals surface area contributed by atoms with Crippen molar-refractivity contribution >= 4 is 5.91 Å². The predicted molar refractivity (Wildman–Crippen MR) is 73.7 cm³/mol. The lowest BCUT2D eigenvalue weighted by atomic mass is 10.2. The Morgan fingerprint density at radius 2 is 1.86 bits per heavy atom.